The third kappa shape index (κ3) is 12.8. The summed E-state index contributed by atoms with van der Waals surface area (Å²) >= 11 is 0. The van der Waals surface area contributed by atoms with E-state index >= 15 is 0 Å². The number of piperidine rings is 1. The smallest absolute Gasteiger partial charge is 0.344 e. The number of esters is 1. The van der Waals surface area contributed by atoms with E-state index in [1.54, 1.807) is 34.0 Å². The Morgan fingerprint density at radius 2 is 1.65 bits per heavy atom. The Bertz CT molecular complexity index is 1650. The van der Waals surface area contributed by atoms with E-state index in [1.807, 2.05) is 26.0 Å². The number of cyclic esters (lactones) is 1. The molecule has 14 atom stereocenters. The molecule has 0 unspecified atom stereocenters. The lowest BCUT2D eigenvalue weighted by Crippen LogP contribution is -2.64. The van der Waals surface area contributed by atoms with E-state index in [0.717, 1.165) is 5.57 Å². The van der Waals surface area contributed by atoms with Crippen molar-refractivity contribution in [1.82, 2.24) is 4.90 Å². The minimum absolute atomic E-state index is 0.0331. The summed E-state index contributed by atoms with van der Waals surface area (Å²) in [7, 11) is 4.58. The molecule has 16 heteroatoms. The van der Waals surface area contributed by atoms with E-state index in [0.29, 0.717) is 62.7 Å². The molecule has 62 heavy (non-hydrogen) atoms. The van der Waals surface area contributed by atoms with Crippen LogP contribution < -0.4 is 0 Å². The van der Waals surface area contributed by atoms with Crippen molar-refractivity contribution in [3.8, 4) is 0 Å². The number of ketones is 1. The van der Waals surface area contributed by atoms with E-state index in [1.165, 1.54) is 19.1 Å². The number of carbonyl (C=O) groups excluding carboxylic acids is 3. The first-order valence-corrected chi connectivity index (χ1v) is 22.2. The average Bonchev–Trinajstić information content (AvgIpc) is 3.24. The van der Waals surface area contributed by atoms with Gasteiger partial charge in [-0.1, -0.05) is 49.7 Å². The molecule has 1 aliphatic carbocycles. The van der Waals surface area contributed by atoms with Crippen LogP contribution in [0.1, 0.15) is 105 Å². The van der Waals surface area contributed by atoms with Crippen LogP contribution in [0.15, 0.2) is 41.1 Å². The van der Waals surface area contributed by atoms with Crippen molar-refractivity contribution in [2.24, 2.45) is 34.7 Å². The minimum Gasteiger partial charge on any atom is -0.479 e. The summed E-state index contributed by atoms with van der Waals surface area (Å²) in [5.74, 6) is -8.96. The number of aliphatic carboxylic acids is 1. The fourth-order valence-electron chi connectivity index (χ4n) is 9.72. The fourth-order valence-corrected chi connectivity index (χ4v) is 9.72. The molecule has 3 aliphatic heterocycles. The molecule has 350 valence electrons. The Labute approximate surface area is 366 Å². The highest BCUT2D eigenvalue weighted by Crippen LogP contribution is 2.39. The largest absolute Gasteiger partial charge is 0.479 e. The zero-order chi connectivity index (χ0) is 45.9. The van der Waals surface area contributed by atoms with E-state index in [-0.39, 0.29) is 37.6 Å². The number of fused-ring (bicyclic) bond motifs is 3. The molecule has 0 spiro atoms. The van der Waals surface area contributed by atoms with Gasteiger partial charge < -0.3 is 53.8 Å². The molecule has 0 aromatic heterocycles. The number of hydrogen-bond acceptors (Lipinski definition) is 14. The van der Waals surface area contributed by atoms with Gasteiger partial charge in [-0.05, 0) is 95.5 Å². The van der Waals surface area contributed by atoms with Crippen molar-refractivity contribution >= 4 is 29.3 Å². The number of aliphatic hydroxyl groups excluding tert-OH is 2. The summed E-state index contributed by atoms with van der Waals surface area (Å²) < 4.78 is 29.9. The third-order valence-corrected chi connectivity index (χ3v) is 13.3. The highest BCUT2D eigenvalue weighted by atomic mass is 16.7. The highest BCUT2D eigenvalue weighted by molar-refractivity contribution is 6.39. The standard InChI is InChI=1S/C46H72N2O14/c1-10-13-32-19-26(2)18-27(3)20-38(58-8)42-39(59-9)22-29(5)46(56,62-42)43(53)44(54)48-17-12-11-14-34(48)45(55)61-41(28(4)21-31-15-16-35(49)37(23-31)57-7)30(6)36(50)24-33(32)47-60-25-40(51)52/h10,19,21,27,29-32,34-39,41-42,49-50,56H,1,11-18,20,22-25H2,2-9H3,(H,51,52)/b26-19+,28-21+,47-33-/t27-,29+,30+,31-,32+,34-,35+,36+,37+,38-,39-,41-,42+,46+/m0/s1. The van der Waals surface area contributed by atoms with Crippen LogP contribution in [0.4, 0.5) is 0 Å². The number of rotatable bonds is 10. The van der Waals surface area contributed by atoms with Gasteiger partial charge in [0.15, 0.2) is 0 Å². The fraction of sp³-hybridized carbons (Fsp3) is 0.761. The highest BCUT2D eigenvalue weighted by Gasteiger charge is 2.56. The topological polar surface area (TPSA) is 220 Å². The second-order valence-electron chi connectivity index (χ2n) is 18.1. The lowest BCUT2D eigenvalue weighted by molar-refractivity contribution is -0.302. The number of methoxy groups -OCH3 is 3. The van der Waals surface area contributed by atoms with Crippen molar-refractivity contribution in [3.63, 3.8) is 0 Å². The maximum Gasteiger partial charge on any atom is 0.344 e. The molecular weight excluding hydrogens is 805 g/mol. The summed E-state index contributed by atoms with van der Waals surface area (Å²) in [6.45, 7) is 12.4. The van der Waals surface area contributed by atoms with Gasteiger partial charge in [-0.2, -0.15) is 0 Å². The molecule has 2 bridgehead atoms. The van der Waals surface area contributed by atoms with Gasteiger partial charge in [0, 0.05) is 52.0 Å². The summed E-state index contributed by atoms with van der Waals surface area (Å²) in [4.78, 5) is 61.0. The number of carbonyl (C=O) groups is 4. The van der Waals surface area contributed by atoms with Crippen molar-refractivity contribution in [2.45, 2.75) is 160 Å². The van der Waals surface area contributed by atoms with E-state index < -0.39 is 103 Å². The number of aliphatic hydroxyl groups is 3. The lowest BCUT2D eigenvalue weighted by atomic mass is 9.81. The van der Waals surface area contributed by atoms with E-state index in [4.69, 9.17) is 28.5 Å². The van der Waals surface area contributed by atoms with Crippen LogP contribution in [-0.4, -0.2) is 144 Å². The van der Waals surface area contributed by atoms with E-state index in [2.05, 4.69) is 11.7 Å². The number of amides is 1. The monoisotopic (exact) mass is 876 g/mol. The number of Topliss-reactive ketones (excluding diaryl/α,β-unsaturated/α-hetero) is 1. The molecule has 1 amide bonds. The predicted octanol–water partition coefficient (Wildman–Crippen LogP) is 4.53. The third-order valence-electron chi connectivity index (χ3n) is 13.3. The van der Waals surface area contributed by atoms with Crippen LogP contribution in [0, 0.1) is 29.6 Å². The second kappa shape index (κ2) is 23.4. The summed E-state index contributed by atoms with van der Waals surface area (Å²) in [6, 6.07) is -1.18. The SMILES string of the molecule is C=CC[C@@H]1/C=C(\C)C[C@H](C)C[C@H](OC)[C@H]2O[C@@](O)(C(=O)C(=O)N3CCCC[C@H]3C(=O)O[C@@H](/C(C)=C/[C@@H]3CC[C@@H](O)[C@H](OC)C3)[C@H](C)[C@H](O)C/C1=N/OCC(=O)O)[C@H](C)C[C@@H]2OC. The molecule has 0 aromatic carbocycles. The Kier molecular flexibility index (Phi) is 19.3. The van der Waals surface area contributed by atoms with Crippen molar-refractivity contribution in [2.75, 3.05) is 34.5 Å². The maximum atomic E-state index is 14.5. The Balaban J connectivity index is 1.85. The molecule has 4 N–H and O–H groups in total. The van der Waals surface area contributed by atoms with Crippen molar-refractivity contribution in [3.05, 3.63) is 36.0 Å². The number of allylic oxidation sites excluding steroid dienone is 4. The number of carboxylic acids is 1. The number of carboxylic acid groups (broad SMARTS) is 1. The summed E-state index contributed by atoms with van der Waals surface area (Å²) in [5.41, 5.74) is 1.94. The molecule has 16 nitrogen and oxygen atoms in total. The Morgan fingerprint density at radius 1 is 0.968 bits per heavy atom. The summed E-state index contributed by atoms with van der Waals surface area (Å²) in [6.07, 6.45) is 4.67. The molecular formula is C46H72N2O14. The normalized spacial score (nSPS) is 39.1. The van der Waals surface area contributed by atoms with Gasteiger partial charge in [-0.15, -0.1) is 6.58 Å². The van der Waals surface area contributed by atoms with Crippen LogP contribution in [0.3, 0.4) is 0 Å². The molecule has 3 heterocycles. The van der Waals surface area contributed by atoms with Gasteiger partial charge in [-0.3, -0.25) is 9.59 Å². The molecule has 3 fully saturated rings. The first kappa shape index (κ1) is 51.1. The lowest BCUT2D eigenvalue weighted by Gasteiger charge is -2.47. The molecule has 0 radical (unpaired) electrons. The van der Waals surface area contributed by atoms with Crippen LogP contribution >= 0.6 is 0 Å². The van der Waals surface area contributed by atoms with Gasteiger partial charge in [0.25, 0.3) is 11.7 Å². The van der Waals surface area contributed by atoms with Crippen LogP contribution in [0.5, 0.6) is 0 Å². The zero-order valence-electron chi connectivity index (χ0n) is 37.9. The summed E-state index contributed by atoms with van der Waals surface area (Å²) in [5, 5.41) is 48.3. The molecule has 2 saturated heterocycles. The van der Waals surface area contributed by atoms with Crippen LogP contribution in [-0.2, 0) is 47.7 Å². The van der Waals surface area contributed by atoms with Gasteiger partial charge >= 0.3 is 11.9 Å². The van der Waals surface area contributed by atoms with Gasteiger partial charge in [0.05, 0.1) is 36.2 Å². The quantitative estimate of drug-likeness (QED) is 0.103. The Morgan fingerprint density at radius 3 is 2.29 bits per heavy atom. The van der Waals surface area contributed by atoms with Gasteiger partial charge in [0.2, 0.25) is 12.4 Å². The number of oxime groups is 1. The van der Waals surface area contributed by atoms with Crippen molar-refractivity contribution < 1.29 is 68.1 Å². The zero-order valence-corrected chi connectivity index (χ0v) is 37.9. The number of hydrogen-bond donors (Lipinski definition) is 4. The van der Waals surface area contributed by atoms with E-state index in [9.17, 15) is 39.6 Å². The molecule has 0 aromatic rings. The van der Waals surface area contributed by atoms with Gasteiger partial charge in [0.1, 0.15) is 18.2 Å². The minimum atomic E-state index is -2.54. The Hall–Kier alpha value is -3.51. The molecule has 1 saturated carbocycles. The van der Waals surface area contributed by atoms with Crippen molar-refractivity contribution in [1.29, 1.82) is 0 Å². The average molecular weight is 877 g/mol. The first-order chi connectivity index (χ1) is 29.4. The molecule has 4 aliphatic rings. The maximum absolute atomic E-state index is 14.5. The van der Waals surface area contributed by atoms with Crippen LogP contribution in [0.2, 0.25) is 0 Å². The number of ether oxygens (including phenoxy) is 5. The second-order valence-corrected chi connectivity index (χ2v) is 18.1. The first-order valence-electron chi connectivity index (χ1n) is 22.2. The predicted molar refractivity (Wildman–Crippen MR) is 229 cm³/mol. The van der Waals surface area contributed by atoms with Crippen LogP contribution in [0.25, 0.3) is 0 Å². The van der Waals surface area contributed by atoms with Gasteiger partial charge in [-0.25, -0.2) is 9.59 Å². The molecule has 4 rings (SSSR count). The number of nitrogens with zero attached hydrogens (tertiary/aromatic N) is 2.